The summed E-state index contributed by atoms with van der Waals surface area (Å²) in [4.78, 5) is 24.5. The lowest BCUT2D eigenvalue weighted by atomic mass is 10.2. The predicted molar refractivity (Wildman–Crippen MR) is 110 cm³/mol. The molecule has 8 heteroatoms. The fourth-order valence-electron chi connectivity index (χ4n) is 3.47. The Morgan fingerprint density at radius 2 is 1.93 bits per heavy atom. The molecular formula is C19H18N4O2S2. The van der Waals surface area contributed by atoms with Crippen LogP contribution < -0.4 is 9.64 Å². The van der Waals surface area contributed by atoms with Crippen molar-refractivity contribution in [1.29, 1.82) is 0 Å². The van der Waals surface area contributed by atoms with Gasteiger partial charge in [-0.2, -0.15) is 0 Å². The van der Waals surface area contributed by atoms with E-state index in [2.05, 4.69) is 26.4 Å². The van der Waals surface area contributed by atoms with Gasteiger partial charge in [0.2, 0.25) is 0 Å². The standard InChI is InChI=1S/C19H18N4O2S2/c1-25-14-4-2-13(3-5-14)21-6-8-22(9-7-21)18(24)16-12-15-17(27-16)20-19-23(15)10-11-26-19/h2-5,10-12H,6-9H2,1H3. The van der Waals surface area contributed by atoms with Gasteiger partial charge >= 0.3 is 0 Å². The van der Waals surface area contributed by atoms with Crippen molar-refractivity contribution in [3.05, 3.63) is 46.8 Å². The van der Waals surface area contributed by atoms with Crippen LogP contribution in [0.2, 0.25) is 0 Å². The number of benzene rings is 1. The number of anilines is 1. The van der Waals surface area contributed by atoms with Gasteiger partial charge < -0.3 is 14.5 Å². The zero-order valence-electron chi connectivity index (χ0n) is 14.8. The van der Waals surface area contributed by atoms with Gasteiger partial charge in [0.1, 0.15) is 10.6 Å². The molecule has 4 heterocycles. The third kappa shape index (κ3) is 2.85. The first-order valence-corrected chi connectivity index (χ1v) is 10.5. The number of fused-ring (bicyclic) bond motifs is 3. The summed E-state index contributed by atoms with van der Waals surface area (Å²) in [6.07, 6.45) is 2.00. The Labute approximate surface area is 164 Å². The number of aromatic nitrogens is 2. The number of methoxy groups -OCH3 is 1. The SMILES string of the molecule is COc1ccc(N2CCN(C(=O)c3cc4c(nc5sccn54)s3)CC2)cc1. The van der Waals surface area contributed by atoms with E-state index in [0.29, 0.717) is 0 Å². The van der Waals surface area contributed by atoms with Crippen molar-refractivity contribution in [3.63, 3.8) is 0 Å². The number of thiophene rings is 1. The molecule has 27 heavy (non-hydrogen) atoms. The van der Waals surface area contributed by atoms with E-state index in [-0.39, 0.29) is 5.91 Å². The van der Waals surface area contributed by atoms with Crippen LogP contribution in [0, 0.1) is 0 Å². The first kappa shape index (κ1) is 16.6. The molecule has 4 aromatic rings. The van der Waals surface area contributed by atoms with E-state index in [4.69, 9.17) is 4.74 Å². The number of amides is 1. The Bertz CT molecular complexity index is 1100. The van der Waals surface area contributed by atoms with Crippen molar-refractivity contribution >= 4 is 49.6 Å². The molecule has 5 rings (SSSR count). The van der Waals surface area contributed by atoms with E-state index in [1.54, 1.807) is 18.4 Å². The van der Waals surface area contributed by atoms with Crippen molar-refractivity contribution in [3.8, 4) is 5.75 Å². The molecule has 1 fully saturated rings. The van der Waals surface area contributed by atoms with Crippen LogP contribution in [-0.2, 0) is 0 Å². The Morgan fingerprint density at radius 1 is 1.15 bits per heavy atom. The second-order valence-electron chi connectivity index (χ2n) is 6.45. The van der Waals surface area contributed by atoms with Gasteiger partial charge in [-0.25, -0.2) is 4.98 Å². The van der Waals surface area contributed by atoms with Gasteiger partial charge in [-0.15, -0.1) is 22.7 Å². The molecule has 0 aliphatic carbocycles. The fraction of sp³-hybridized carbons (Fsp3) is 0.263. The molecule has 0 atom stereocenters. The minimum absolute atomic E-state index is 0.108. The molecule has 1 aromatic carbocycles. The van der Waals surface area contributed by atoms with Crippen LogP contribution in [0.4, 0.5) is 5.69 Å². The van der Waals surface area contributed by atoms with Crippen molar-refractivity contribution < 1.29 is 9.53 Å². The largest absolute Gasteiger partial charge is 0.497 e. The van der Waals surface area contributed by atoms with Crippen molar-refractivity contribution in [2.24, 2.45) is 0 Å². The molecule has 0 radical (unpaired) electrons. The van der Waals surface area contributed by atoms with Crippen LogP contribution in [-0.4, -0.2) is 53.5 Å². The van der Waals surface area contributed by atoms with Crippen molar-refractivity contribution in [2.75, 3.05) is 38.2 Å². The van der Waals surface area contributed by atoms with E-state index in [1.807, 2.05) is 34.7 Å². The lowest BCUT2D eigenvalue weighted by molar-refractivity contribution is 0.0751. The second-order valence-corrected chi connectivity index (χ2v) is 8.35. The summed E-state index contributed by atoms with van der Waals surface area (Å²) < 4.78 is 7.27. The maximum Gasteiger partial charge on any atom is 0.264 e. The second kappa shape index (κ2) is 6.54. The number of nitrogens with zero attached hydrogens (tertiary/aromatic N) is 4. The van der Waals surface area contributed by atoms with Gasteiger partial charge in [0.15, 0.2) is 4.96 Å². The zero-order valence-corrected chi connectivity index (χ0v) is 16.4. The number of imidazole rings is 1. The molecule has 1 saturated heterocycles. The molecule has 3 aromatic heterocycles. The van der Waals surface area contributed by atoms with E-state index >= 15 is 0 Å². The Morgan fingerprint density at radius 3 is 2.67 bits per heavy atom. The number of carbonyl (C=O) groups excluding carboxylic acids is 1. The topological polar surface area (TPSA) is 50.1 Å². The van der Waals surface area contributed by atoms with Crippen LogP contribution in [0.1, 0.15) is 9.67 Å². The fourth-order valence-corrected chi connectivity index (χ4v) is 5.24. The summed E-state index contributed by atoms with van der Waals surface area (Å²) in [5.74, 6) is 0.965. The number of carbonyl (C=O) groups is 1. The van der Waals surface area contributed by atoms with Gasteiger partial charge in [0.25, 0.3) is 5.91 Å². The maximum absolute atomic E-state index is 12.9. The quantitative estimate of drug-likeness (QED) is 0.529. The Balaban J connectivity index is 1.29. The monoisotopic (exact) mass is 398 g/mol. The molecule has 0 N–H and O–H groups in total. The number of hydrogen-bond acceptors (Lipinski definition) is 6. The van der Waals surface area contributed by atoms with E-state index in [1.165, 1.54) is 11.3 Å². The lowest BCUT2D eigenvalue weighted by Crippen LogP contribution is -2.48. The van der Waals surface area contributed by atoms with E-state index in [0.717, 1.165) is 57.8 Å². The van der Waals surface area contributed by atoms with Gasteiger partial charge in [-0.3, -0.25) is 9.20 Å². The molecule has 0 bridgehead atoms. The molecule has 6 nitrogen and oxygen atoms in total. The number of hydrogen-bond donors (Lipinski definition) is 0. The normalized spacial score (nSPS) is 15.0. The molecule has 0 unspecified atom stereocenters. The highest BCUT2D eigenvalue weighted by molar-refractivity contribution is 7.21. The number of rotatable bonds is 3. The molecular weight excluding hydrogens is 380 g/mol. The van der Waals surface area contributed by atoms with Crippen molar-refractivity contribution in [2.45, 2.75) is 0 Å². The summed E-state index contributed by atoms with van der Waals surface area (Å²) in [6, 6.07) is 10.1. The average molecular weight is 399 g/mol. The molecule has 1 aliphatic rings. The number of thiazole rings is 1. The highest BCUT2D eigenvalue weighted by Crippen LogP contribution is 2.29. The minimum atomic E-state index is 0.108. The van der Waals surface area contributed by atoms with Crippen LogP contribution in [0.5, 0.6) is 5.75 Å². The van der Waals surface area contributed by atoms with E-state index < -0.39 is 0 Å². The molecule has 138 valence electrons. The summed E-state index contributed by atoms with van der Waals surface area (Å²) in [6.45, 7) is 3.11. The lowest BCUT2D eigenvalue weighted by Gasteiger charge is -2.36. The van der Waals surface area contributed by atoms with Crippen LogP contribution in [0.3, 0.4) is 0 Å². The number of piperazine rings is 1. The maximum atomic E-state index is 12.9. The molecule has 0 spiro atoms. The van der Waals surface area contributed by atoms with E-state index in [9.17, 15) is 4.79 Å². The predicted octanol–water partition coefficient (Wildman–Crippen LogP) is 3.58. The van der Waals surface area contributed by atoms with Crippen LogP contribution in [0.25, 0.3) is 15.3 Å². The average Bonchev–Trinajstić information content (AvgIpc) is 3.40. The summed E-state index contributed by atoms with van der Waals surface area (Å²) >= 11 is 3.10. The van der Waals surface area contributed by atoms with Crippen LogP contribution >= 0.6 is 22.7 Å². The Hall–Kier alpha value is -2.58. The first-order valence-electron chi connectivity index (χ1n) is 8.76. The highest BCUT2D eigenvalue weighted by Gasteiger charge is 2.24. The minimum Gasteiger partial charge on any atom is -0.497 e. The van der Waals surface area contributed by atoms with Gasteiger partial charge in [-0.1, -0.05) is 0 Å². The van der Waals surface area contributed by atoms with Gasteiger partial charge in [0, 0.05) is 43.4 Å². The number of ether oxygens (including phenoxy) is 1. The first-order chi connectivity index (χ1) is 13.2. The third-order valence-corrected chi connectivity index (χ3v) is 6.72. The van der Waals surface area contributed by atoms with Gasteiger partial charge in [-0.05, 0) is 30.3 Å². The molecule has 1 amide bonds. The molecule has 0 saturated carbocycles. The highest BCUT2D eigenvalue weighted by atomic mass is 32.1. The van der Waals surface area contributed by atoms with Crippen molar-refractivity contribution in [1.82, 2.24) is 14.3 Å². The summed E-state index contributed by atoms with van der Waals surface area (Å²) in [5, 5.41) is 2.01. The smallest absolute Gasteiger partial charge is 0.264 e. The molecule has 1 aliphatic heterocycles. The summed E-state index contributed by atoms with van der Waals surface area (Å²) in [5.41, 5.74) is 2.19. The van der Waals surface area contributed by atoms with Gasteiger partial charge in [0.05, 0.1) is 17.5 Å². The Kier molecular flexibility index (Phi) is 4.02. The van der Waals surface area contributed by atoms with Crippen LogP contribution in [0.15, 0.2) is 41.9 Å². The summed E-state index contributed by atoms with van der Waals surface area (Å²) in [7, 11) is 1.67. The third-order valence-electron chi connectivity index (χ3n) is 4.95. The zero-order chi connectivity index (χ0) is 18.4.